The van der Waals surface area contributed by atoms with E-state index in [1.54, 1.807) is 0 Å². The maximum absolute atomic E-state index is 12.2. The van der Waals surface area contributed by atoms with Gasteiger partial charge < -0.3 is 16.2 Å². The Morgan fingerprint density at radius 3 is 2.57 bits per heavy atom. The van der Waals surface area contributed by atoms with E-state index in [0.29, 0.717) is 19.3 Å². The molecule has 0 heterocycles. The van der Waals surface area contributed by atoms with E-state index in [4.69, 9.17) is 5.73 Å². The third kappa shape index (κ3) is 4.29. The zero-order valence-corrected chi connectivity index (χ0v) is 12.0. The molecule has 5 heteroatoms. The molecule has 1 aliphatic rings. The first kappa shape index (κ1) is 15.5. The van der Waals surface area contributed by atoms with Gasteiger partial charge in [-0.15, -0.1) is 0 Å². The van der Waals surface area contributed by atoms with Gasteiger partial charge in [0, 0.05) is 6.04 Å². The van der Waals surface area contributed by atoms with E-state index in [9.17, 15) is 14.7 Å². The van der Waals surface area contributed by atoms with Crippen LogP contribution < -0.4 is 11.1 Å². The number of carboxylic acid groups (broad SMARTS) is 1. The minimum absolute atomic E-state index is 0.267. The van der Waals surface area contributed by atoms with Crippen molar-refractivity contribution in [1.82, 2.24) is 5.32 Å². The highest BCUT2D eigenvalue weighted by atomic mass is 16.4. The van der Waals surface area contributed by atoms with Gasteiger partial charge in [-0.1, -0.05) is 43.2 Å². The lowest BCUT2D eigenvalue weighted by atomic mass is 9.84. The summed E-state index contributed by atoms with van der Waals surface area (Å²) in [4.78, 5) is 23.4. The summed E-state index contributed by atoms with van der Waals surface area (Å²) >= 11 is 0. The normalized spacial score (nSPS) is 23.3. The van der Waals surface area contributed by atoms with Crippen LogP contribution >= 0.6 is 0 Å². The molecule has 1 unspecified atom stereocenters. The fraction of sp³-hybridized carbons (Fsp3) is 0.500. The Bertz CT molecular complexity index is 490. The van der Waals surface area contributed by atoms with Gasteiger partial charge in [0.25, 0.3) is 0 Å². The number of aliphatic carboxylic acids is 1. The lowest BCUT2D eigenvalue weighted by Gasteiger charge is -2.30. The topological polar surface area (TPSA) is 92.4 Å². The third-order valence-corrected chi connectivity index (χ3v) is 4.05. The van der Waals surface area contributed by atoms with Crippen LogP contribution in [-0.2, 0) is 16.0 Å². The van der Waals surface area contributed by atoms with Crippen molar-refractivity contribution in [2.75, 3.05) is 0 Å². The highest BCUT2D eigenvalue weighted by molar-refractivity contribution is 5.83. The molecule has 0 aliphatic heterocycles. The molecular formula is C16H22N2O3. The summed E-state index contributed by atoms with van der Waals surface area (Å²) in [5.41, 5.74) is 6.93. The number of benzene rings is 1. The third-order valence-electron chi connectivity index (χ3n) is 4.05. The number of amides is 1. The van der Waals surface area contributed by atoms with Crippen molar-refractivity contribution in [2.45, 2.75) is 44.2 Å². The molecule has 0 radical (unpaired) electrons. The summed E-state index contributed by atoms with van der Waals surface area (Å²) in [6.07, 6.45) is 3.63. The predicted octanol–water partition coefficient (Wildman–Crippen LogP) is 1.32. The van der Waals surface area contributed by atoms with Crippen molar-refractivity contribution in [3.05, 3.63) is 35.9 Å². The fourth-order valence-electron chi connectivity index (χ4n) is 2.85. The molecule has 1 saturated carbocycles. The van der Waals surface area contributed by atoms with Crippen molar-refractivity contribution < 1.29 is 14.7 Å². The van der Waals surface area contributed by atoms with Crippen LogP contribution in [-0.4, -0.2) is 29.1 Å². The van der Waals surface area contributed by atoms with Crippen molar-refractivity contribution in [3.63, 3.8) is 0 Å². The molecule has 21 heavy (non-hydrogen) atoms. The Morgan fingerprint density at radius 2 is 1.90 bits per heavy atom. The first-order valence-electron chi connectivity index (χ1n) is 7.40. The summed E-state index contributed by atoms with van der Waals surface area (Å²) < 4.78 is 0. The standard InChI is InChI=1S/C16H22N2O3/c17-13(10-11-6-2-1-3-7-11)15(19)18-14-9-5-4-8-12(14)16(20)21/h1-3,6-7,12-14H,4-5,8-10,17H2,(H,18,19)(H,20,21)/t12-,13?,14+/m0/s1. The zero-order chi connectivity index (χ0) is 15.2. The van der Waals surface area contributed by atoms with E-state index in [1.807, 2.05) is 30.3 Å². The van der Waals surface area contributed by atoms with E-state index in [-0.39, 0.29) is 11.9 Å². The lowest BCUT2D eigenvalue weighted by molar-refractivity contribution is -0.144. The van der Waals surface area contributed by atoms with E-state index in [0.717, 1.165) is 18.4 Å². The van der Waals surface area contributed by atoms with Crippen LogP contribution in [0.1, 0.15) is 31.2 Å². The number of nitrogens with one attached hydrogen (secondary N) is 1. The maximum Gasteiger partial charge on any atom is 0.308 e. The molecule has 1 fully saturated rings. The van der Waals surface area contributed by atoms with Crippen molar-refractivity contribution in [3.8, 4) is 0 Å². The summed E-state index contributed by atoms with van der Waals surface area (Å²) in [6, 6.07) is 8.62. The molecule has 0 saturated heterocycles. The quantitative estimate of drug-likeness (QED) is 0.762. The van der Waals surface area contributed by atoms with Crippen molar-refractivity contribution in [1.29, 1.82) is 0 Å². The Morgan fingerprint density at radius 1 is 1.24 bits per heavy atom. The predicted molar refractivity (Wildman–Crippen MR) is 79.6 cm³/mol. The molecule has 0 bridgehead atoms. The fourth-order valence-corrected chi connectivity index (χ4v) is 2.85. The number of hydrogen-bond donors (Lipinski definition) is 3. The minimum atomic E-state index is -0.836. The van der Waals surface area contributed by atoms with Gasteiger partial charge in [0.15, 0.2) is 0 Å². The van der Waals surface area contributed by atoms with Gasteiger partial charge in [0.1, 0.15) is 0 Å². The second-order valence-corrected chi connectivity index (χ2v) is 5.64. The van der Waals surface area contributed by atoms with E-state index < -0.39 is 17.9 Å². The van der Waals surface area contributed by atoms with Crippen molar-refractivity contribution >= 4 is 11.9 Å². The molecule has 0 aromatic heterocycles. The molecule has 114 valence electrons. The van der Waals surface area contributed by atoms with Gasteiger partial charge in [-0.25, -0.2) is 0 Å². The number of carboxylic acids is 1. The van der Waals surface area contributed by atoms with Crippen LogP contribution in [0.15, 0.2) is 30.3 Å². The monoisotopic (exact) mass is 290 g/mol. The maximum atomic E-state index is 12.2. The SMILES string of the molecule is NC(Cc1ccccc1)C(=O)N[C@@H]1CCCC[C@@H]1C(=O)O. The van der Waals surface area contributed by atoms with Gasteiger partial charge in [-0.3, -0.25) is 9.59 Å². The molecule has 2 rings (SSSR count). The Kier molecular flexibility index (Phi) is 5.33. The zero-order valence-electron chi connectivity index (χ0n) is 12.0. The van der Waals surface area contributed by atoms with Crippen LogP contribution in [0.2, 0.25) is 0 Å². The first-order chi connectivity index (χ1) is 10.1. The first-order valence-corrected chi connectivity index (χ1v) is 7.40. The number of carbonyl (C=O) groups excluding carboxylic acids is 1. The Labute approximate surface area is 124 Å². The second-order valence-electron chi connectivity index (χ2n) is 5.64. The largest absolute Gasteiger partial charge is 0.481 e. The summed E-state index contributed by atoms with van der Waals surface area (Å²) in [6.45, 7) is 0. The highest BCUT2D eigenvalue weighted by Gasteiger charge is 2.32. The average molecular weight is 290 g/mol. The van der Waals surface area contributed by atoms with Crippen LogP contribution in [0.25, 0.3) is 0 Å². The number of carbonyl (C=O) groups is 2. The molecule has 1 aliphatic carbocycles. The van der Waals surface area contributed by atoms with Gasteiger partial charge in [0.05, 0.1) is 12.0 Å². The molecule has 0 spiro atoms. The van der Waals surface area contributed by atoms with Crippen LogP contribution in [0, 0.1) is 5.92 Å². The molecular weight excluding hydrogens is 268 g/mol. The van der Waals surface area contributed by atoms with E-state index in [1.165, 1.54) is 0 Å². The number of nitrogens with two attached hydrogens (primary N) is 1. The Hall–Kier alpha value is -1.88. The molecule has 1 amide bonds. The Balaban J connectivity index is 1.91. The smallest absolute Gasteiger partial charge is 0.308 e. The summed E-state index contributed by atoms with van der Waals surface area (Å²) in [5, 5.41) is 12.0. The minimum Gasteiger partial charge on any atom is -0.481 e. The van der Waals surface area contributed by atoms with Crippen LogP contribution in [0.4, 0.5) is 0 Å². The summed E-state index contributed by atoms with van der Waals surface area (Å²) in [5.74, 6) is -1.60. The highest BCUT2D eigenvalue weighted by Crippen LogP contribution is 2.24. The van der Waals surface area contributed by atoms with Gasteiger partial charge >= 0.3 is 5.97 Å². The molecule has 5 nitrogen and oxygen atoms in total. The number of rotatable bonds is 5. The van der Waals surface area contributed by atoms with Crippen molar-refractivity contribution in [2.24, 2.45) is 11.7 Å². The molecule has 4 N–H and O–H groups in total. The second kappa shape index (κ2) is 7.22. The number of hydrogen-bond acceptors (Lipinski definition) is 3. The average Bonchev–Trinajstić information content (AvgIpc) is 2.48. The van der Waals surface area contributed by atoms with E-state index in [2.05, 4.69) is 5.32 Å². The molecule has 1 aromatic carbocycles. The van der Waals surface area contributed by atoms with Gasteiger partial charge in [-0.2, -0.15) is 0 Å². The van der Waals surface area contributed by atoms with Gasteiger partial charge in [0.2, 0.25) is 5.91 Å². The summed E-state index contributed by atoms with van der Waals surface area (Å²) in [7, 11) is 0. The van der Waals surface area contributed by atoms with Crippen LogP contribution in [0.5, 0.6) is 0 Å². The van der Waals surface area contributed by atoms with E-state index >= 15 is 0 Å². The molecule has 3 atom stereocenters. The molecule has 1 aromatic rings. The lowest BCUT2D eigenvalue weighted by Crippen LogP contribution is -2.51. The van der Waals surface area contributed by atoms with Crippen LogP contribution in [0.3, 0.4) is 0 Å². The van der Waals surface area contributed by atoms with Gasteiger partial charge in [-0.05, 0) is 24.8 Å².